The molecule has 6 heteroatoms. The van der Waals surface area contributed by atoms with Crippen LogP contribution < -0.4 is 5.32 Å². The monoisotopic (exact) mass is 304 g/mol. The van der Waals surface area contributed by atoms with E-state index in [-0.39, 0.29) is 5.24 Å². The van der Waals surface area contributed by atoms with Crippen LogP contribution in [0.4, 0.5) is 4.79 Å². The number of hydrogen-bond donors (Lipinski definition) is 1. The van der Waals surface area contributed by atoms with E-state index in [1.54, 1.807) is 0 Å². The van der Waals surface area contributed by atoms with Gasteiger partial charge in [0.25, 0.3) is 10.5 Å². The van der Waals surface area contributed by atoms with Crippen molar-refractivity contribution in [3.63, 3.8) is 0 Å². The second-order valence-electron chi connectivity index (χ2n) is 4.50. The van der Waals surface area contributed by atoms with Crippen molar-refractivity contribution in [2.75, 3.05) is 19.7 Å². The molecule has 0 unspecified atom stereocenters. The predicted molar refractivity (Wildman–Crippen MR) is 84.8 cm³/mol. The lowest BCUT2D eigenvalue weighted by Crippen LogP contribution is -2.19. The van der Waals surface area contributed by atoms with E-state index in [0.29, 0.717) is 11.8 Å². The molecule has 0 aliphatic carbocycles. The van der Waals surface area contributed by atoms with Crippen LogP contribution in [0.2, 0.25) is 0 Å². The van der Waals surface area contributed by atoms with Gasteiger partial charge in [0, 0.05) is 34.7 Å². The van der Waals surface area contributed by atoms with E-state index >= 15 is 0 Å². The Hall–Kier alpha value is -0.360. The van der Waals surface area contributed by atoms with Crippen LogP contribution in [0.1, 0.15) is 51.9 Å². The highest BCUT2D eigenvalue weighted by Crippen LogP contribution is 2.25. The van der Waals surface area contributed by atoms with E-state index < -0.39 is 0 Å². The largest absolute Gasteiger partial charge is 0.472 e. The van der Waals surface area contributed by atoms with Gasteiger partial charge in [0.05, 0.1) is 6.61 Å². The van der Waals surface area contributed by atoms with Crippen LogP contribution in [0.25, 0.3) is 0 Å². The zero-order valence-corrected chi connectivity index (χ0v) is 13.3. The Bertz CT molecular complexity index is 286. The highest BCUT2D eigenvalue weighted by molar-refractivity contribution is 8.87. The highest BCUT2D eigenvalue weighted by atomic mass is 33.1. The summed E-state index contributed by atoms with van der Waals surface area (Å²) in [5, 5.41) is 3.53. The first-order chi connectivity index (χ1) is 9.33. The topological polar surface area (TPSA) is 50.7 Å². The van der Waals surface area contributed by atoms with Gasteiger partial charge in [-0.3, -0.25) is 4.79 Å². The summed E-state index contributed by atoms with van der Waals surface area (Å²) >= 11 is 0. The molecule has 0 radical (unpaired) electrons. The van der Waals surface area contributed by atoms with Gasteiger partial charge < -0.3 is 10.1 Å². The smallest absolute Gasteiger partial charge is 0.290 e. The summed E-state index contributed by atoms with van der Waals surface area (Å²) < 4.78 is 5.57. The van der Waals surface area contributed by atoms with Gasteiger partial charge in [-0.1, -0.05) is 26.2 Å². The van der Waals surface area contributed by atoms with Crippen LogP contribution in [-0.4, -0.2) is 30.2 Å². The molecule has 1 aliphatic heterocycles. The molecule has 0 aromatic carbocycles. The lowest BCUT2D eigenvalue weighted by atomic mass is 10.2. The van der Waals surface area contributed by atoms with Crippen molar-refractivity contribution in [1.82, 2.24) is 5.32 Å². The first kappa shape index (κ1) is 16.7. The van der Waals surface area contributed by atoms with Gasteiger partial charge in [0.15, 0.2) is 0 Å². The zero-order chi connectivity index (χ0) is 13.8. The van der Waals surface area contributed by atoms with E-state index in [0.717, 1.165) is 38.8 Å². The number of nitrogens with zero attached hydrogens (tertiary/aromatic N) is 1. The molecular weight excluding hydrogens is 280 g/mol. The minimum Gasteiger partial charge on any atom is -0.472 e. The number of ether oxygens (including phenoxy) is 1. The molecule has 0 saturated carbocycles. The number of carbonyl (C=O) groups excluding carboxylic acids is 1. The second-order valence-corrected chi connectivity index (χ2v) is 6.55. The Morgan fingerprint density at radius 3 is 3.00 bits per heavy atom. The molecule has 0 spiro atoms. The van der Waals surface area contributed by atoms with Gasteiger partial charge in [-0.2, -0.15) is 0 Å². The Labute approximate surface area is 123 Å². The van der Waals surface area contributed by atoms with Crippen LogP contribution in [-0.2, 0) is 4.74 Å². The fourth-order valence-corrected chi connectivity index (χ4v) is 3.17. The summed E-state index contributed by atoms with van der Waals surface area (Å²) in [6, 6.07) is 0. The number of aliphatic imine (C=N–C) groups is 1. The van der Waals surface area contributed by atoms with Crippen molar-refractivity contribution in [2.45, 2.75) is 51.9 Å². The van der Waals surface area contributed by atoms with Crippen molar-refractivity contribution in [3.05, 3.63) is 0 Å². The third-order valence-corrected chi connectivity index (χ3v) is 4.66. The Balaban J connectivity index is 2.16. The first-order valence-corrected chi connectivity index (χ1v) is 9.27. The molecule has 1 aliphatic rings. The number of carbonyl (C=O) groups is 1. The molecule has 19 heavy (non-hydrogen) atoms. The van der Waals surface area contributed by atoms with E-state index in [1.165, 1.54) is 40.9 Å². The number of amides is 1. The standard InChI is InChI=1S/C13H24N2O2S2/c1-2-3-6-9-14-12(16)18-19-13-15-10-7-4-5-8-11-17-13/h2-11H2,1H3,(H,14,16). The molecule has 1 rings (SSSR count). The Kier molecular flexibility index (Phi) is 10.1. The molecule has 1 N–H and O–H groups in total. The summed E-state index contributed by atoms with van der Waals surface area (Å²) in [6.07, 6.45) is 7.99. The Morgan fingerprint density at radius 2 is 2.16 bits per heavy atom. The quantitative estimate of drug-likeness (QED) is 0.624. The molecule has 4 nitrogen and oxygen atoms in total. The maximum atomic E-state index is 11.6. The van der Waals surface area contributed by atoms with E-state index in [2.05, 4.69) is 17.2 Å². The number of rotatable bonds is 4. The molecule has 0 atom stereocenters. The molecule has 1 heterocycles. The third kappa shape index (κ3) is 9.21. The third-order valence-electron chi connectivity index (χ3n) is 2.76. The number of nitrogens with one attached hydrogen (secondary N) is 1. The maximum absolute atomic E-state index is 11.6. The molecule has 0 fully saturated rings. The van der Waals surface area contributed by atoms with Gasteiger partial charge >= 0.3 is 0 Å². The minimum atomic E-state index is -0.00715. The van der Waals surface area contributed by atoms with E-state index in [4.69, 9.17) is 4.74 Å². The SMILES string of the molecule is CCCCCNC(=O)SSC1=NCCCCCCO1. The fraction of sp³-hybridized carbons (Fsp3) is 0.846. The van der Waals surface area contributed by atoms with Crippen molar-refractivity contribution >= 4 is 32.1 Å². The average molecular weight is 304 g/mol. The van der Waals surface area contributed by atoms with Crippen LogP contribution in [0, 0.1) is 0 Å². The fourth-order valence-electron chi connectivity index (χ4n) is 1.66. The molecule has 0 bridgehead atoms. The van der Waals surface area contributed by atoms with Crippen molar-refractivity contribution in [3.8, 4) is 0 Å². The predicted octanol–water partition coefficient (Wildman–Crippen LogP) is 4.21. The number of unbranched alkanes of at least 4 members (excludes halogenated alkanes) is 2. The molecule has 0 aromatic rings. The number of hydrogen-bond acceptors (Lipinski definition) is 5. The van der Waals surface area contributed by atoms with E-state index in [1.807, 2.05) is 0 Å². The lowest BCUT2D eigenvalue weighted by molar-refractivity contribution is 0.260. The van der Waals surface area contributed by atoms with Gasteiger partial charge in [0.2, 0.25) is 0 Å². The summed E-state index contributed by atoms with van der Waals surface area (Å²) in [4.78, 5) is 16.0. The first-order valence-electron chi connectivity index (χ1n) is 7.12. The van der Waals surface area contributed by atoms with Crippen LogP contribution in [0.3, 0.4) is 0 Å². The summed E-state index contributed by atoms with van der Waals surface area (Å²) in [7, 11) is 2.51. The molecule has 0 aromatic heterocycles. The van der Waals surface area contributed by atoms with Crippen LogP contribution >= 0.6 is 21.6 Å². The molecule has 1 amide bonds. The Morgan fingerprint density at radius 1 is 1.32 bits per heavy atom. The van der Waals surface area contributed by atoms with Crippen LogP contribution in [0.15, 0.2) is 4.99 Å². The van der Waals surface area contributed by atoms with Crippen molar-refractivity contribution < 1.29 is 9.53 Å². The van der Waals surface area contributed by atoms with Crippen LogP contribution in [0.5, 0.6) is 0 Å². The lowest BCUT2D eigenvalue weighted by Gasteiger charge is -2.07. The molecule has 110 valence electrons. The summed E-state index contributed by atoms with van der Waals surface area (Å²) in [5.41, 5.74) is 0. The minimum absolute atomic E-state index is 0.00715. The molecule has 0 saturated heterocycles. The second kappa shape index (κ2) is 11.5. The van der Waals surface area contributed by atoms with Gasteiger partial charge in [0.1, 0.15) is 0 Å². The summed E-state index contributed by atoms with van der Waals surface area (Å²) in [6.45, 7) is 4.43. The van der Waals surface area contributed by atoms with Gasteiger partial charge in [-0.05, 0) is 25.7 Å². The zero-order valence-electron chi connectivity index (χ0n) is 11.7. The average Bonchev–Trinajstić information content (AvgIpc) is 2.55. The van der Waals surface area contributed by atoms with Crippen molar-refractivity contribution in [1.29, 1.82) is 0 Å². The highest BCUT2D eigenvalue weighted by Gasteiger charge is 2.09. The van der Waals surface area contributed by atoms with Gasteiger partial charge in [-0.15, -0.1) is 0 Å². The van der Waals surface area contributed by atoms with Gasteiger partial charge in [-0.25, -0.2) is 4.99 Å². The summed E-state index contributed by atoms with van der Waals surface area (Å²) in [5.74, 6) is 0. The normalized spacial score (nSPS) is 16.6. The maximum Gasteiger partial charge on any atom is 0.290 e. The molecular formula is C13H24N2O2S2. The van der Waals surface area contributed by atoms with E-state index in [9.17, 15) is 4.79 Å². The van der Waals surface area contributed by atoms with Crippen molar-refractivity contribution in [2.24, 2.45) is 4.99 Å².